The van der Waals surface area contributed by atoms with Gasteiger partial charge < -0.3 is 10.2 Å². The topological polar surface area (TPSA) is 40.5 Å². The molecule has 2 unspecified atom stereocenters. The Hall–Kier alpha value is -1.30. The molecule has 0 radical (unpaired) electrons. The molecule has 0 saturated heterocycles. The van der Waals surface area contributed by atoms with Gasteiger partial charge in [-0.3, -0.25) is 0 Å². The number of aliphatic hydroxyl groups excluding tert-OH is 2. The average molecular weight is 206 g/mol. The number of rotatable bonds is 4. The molecule has 0 amide bonds. The minimum absolute atomic E-state index is 0.758. The summed E-state index contributed by atoms with van der Waals surface area (Å²) in [6.07, 6.45) is 9.96. The molecule has 82 valence electrons. The molecule has 2 atom stereocenters. The molecule has 0 spiro atoms. The summed E-state index contributed by atoms with van der Waals surface area (Å²) in [4.78, 5) is 0. The zero-order chi connectivity index (χ0) is 11.5. The lowest BCUT2D eigenvalue weighted by Crippen LogP contribution is -2.19. The minimum Gasteiger partial charge on any atom is -0.390 e. The van der Waals surface area contributed by atoms with Crippen molar-refractivity contribution in [3.05, 3.63) is 36.5 Å². The molecular formula is C13H18O2. The van der Waals surface area contributed by atoms with Crippen LogP contribution in [0.5, 0.6) is 0 Å². The van der Waals surface area contributed by atoms with Crippen molar-refractivity contribution >= 4 is 0 Å². The van der Waals surface area contributed by atoms with Crippen molar-refractivity contribution in [3.63, 3.8) is 0 Å². The number of allylic oxidation sites excluding steroid dienone is 5. The largest absolute Gasteiger partial charge is 0.390 e. The fourth-order valence-corrected chi connectivity index (χ4v) is 0.722. The van der Waals surface area contributed by atoms with Crippen LogP contribution in [-0.4, -0.2) is 22.4 Å². The first-order valence-electron chi connectivity index (χ1n) is 5.04. The summed E-state index contributed by atoms with van der Waals surface area (Å²) < 4.78 is 0. The molecule has 0 heterocycles. The molecule has 15 heavy (non-hydrogen) atoms. The highest BCUT2D eigenvalue weighted by Gasteiger charge is 2.04. The highest BCUT2D eigenvalue weighted by Crippen LogP contribution is 1.92. The molecule has 0 aliphatic heterocycles. The van der Waals surface area contributed by atoms with Gasteiger partial charge in [0.1, 0.15) is 0 Å². The maximum atomic E-state index is 9.17. The van der Waals surface area contributed by atoms with Crippen molar-refractivity contribution in [2.24, 2.45) is 0 Å². The molecule has 0 aromatic carbocycles. The molecule has 0 bridgehead atoms. The maximum absolute atomic E-state index is 9.17. The first-order valence-corrected chi connectivity index (χ1v) is 5.04. The number of hydrogen-bond donors (Lipinski definition) is 2. The standard InChI is InChI=1S/C13H18O2/c1-3-4-5-6-7-8-9-10-11-13(15)12(2)14/h4-7,10-15H,3H2,1-2H3. The normalized spacial score (nSPS) is 15.7. The van der Waals surface area contributed by atoms with E-state index in [-0.39, 0.29) is 0 Å². The van der Waals surface area contributed by atoms with Crippen molar-refractivity contribution < 1.29 is 10.2 Å². The third-order valence-corrected chi connectivity index (χ3v) is 1.62. The van der Waals surface area contributed by atoms with E-state index in [0.29, 0.717) is 0 Å². The molecule has 2 N–H and O–H groups in total. The van der Waals surface area contributed by atoms with Crippen LogP contribution < -0.4 is 0 Å². The molecule has 0 aromatic heterocycles. The smallest absolute Gasteiger partial charge is 0.0986 e. The van der Waals surface area contributed by atoms with E-state index in [1.54, 1.807) is 6.08 Å². The van der Waals surface area contributed by atoms with Gasteiger partial charge in [0.25, 0.3) is 0 Å². The van der Waals surface area contributed by atoms with Crippen LogP contribution >= 0.6 is 0 Å². The Morgan fingerprint density at radius 1 is 1.13 bits per heavy atom. The van der Waals surface area contributed by atoms with Gasteiger partial charge in [-0.15, -0.1) is 0 Å². The summed E-state index contributed by atoms with van der Waals surface area (Å²) >= 11 is 0. The lowest BCUT2D eigenvalue weighted by molar-refractivity contribution is 0.0619. The van der Waals surface area contributed by atoms with Crippen molar-refractivity contribution in [1.29, 1.82) is 0 Å². The average Bonchev–Trinajstić information content (AvgIpc) is 2.21. The quantitative estimate of drug-likeness (QED) is 0.544. The Kier molecular flexibility index (Phi) is 8.46. The lowest BCUT2D eigenvalue weighted by atomic mass is 10.2. The van der Waals surface area contributed by atoms with Crippen LogP contribution in [0.25, 0.3) is 0 Å². The van der Waals surface area contributed by atoms with Gasteiger partial charge >= 0.3 is 0 Å². The highest BCUT2D eigenvalue weighted by molar-refractivity contribution is 5.26. The van der Waals surface area contributed by atoms with Crippen LogP contribution in [0.15, 0.2) is 36.5 Å². The van der Waals surface area contributed by atoms with Crippen molar-refractivity contribution in [3.8, 4) is 11.8 Å². The van der Waals surface area contributed by atoms with E-state index in [4.69, 9.17) is 10.2 Å². The van der Waals surface area contributed by atoms with Crippen LogP contribution in [0.4, 0.5) is 0 Å². The Morgan fingerprint density at radius 2 is 1.80 bits per heavy atom. The van der Waals surface area contributed by atoms with Gasteiger partial charge in [0.05, 0.1) is 12.2 Å². The first kappa shape index (κ1) is 13.7. The molecule has 2 nitrogen and oxygen atoms in total. The molecule has 0 saturated carbocycles. The summed E-state index contributed by atoms with van der Waals surface area (Å²) in [6, 6.07) is 0. The summed E-state index contributed by atoms with van der Waals surface area (Å²) in [7, 11) is 0. The van der Waals surface area contributed by atoms with Gasteiger partial charge in [0.2, 0.25) is 0 Å². The minimum atomic E-state index is -0.844. The molecular weight excluding hydrogens is 188 g/mol. The maximum Gasteiger partial charge on any atom is 0.0986 e. The van der Waals surface area contributed by atoms with E-state index < -0.39 is 12.2 Å². The Balaban J connectivity index is 3.89. The van der Waals surface area contributed by atoms with E-state index in [0.717, 1.165) is 6.42 Å². The highest BCUT2D eigenvalue weighted by atomic mass is 16.3. The fraction of sp³-hybridized carbons (Fsp3) is 0.385. The van der Waals surface area contributed by atoms with Crippen LogP contribution in [0.3, 0.4) is 0 Å². The zero-order valence-corrected chi connectivity index (χ0v) is 9.22. The second-order valence-electron chi connectivity index (χ2n) is 3.07. The zero-order valence-electron chi connectivity index (χ0n) is 9.22. The van der Waals surface area contributed by atoms with Crippen LogP contribution in [0, 0.1) is 11.8 Å². The lowest BCUT2D eigenvalue weighted by Gasteiger charge is -2.06. The molecule has 0 aliphatic rings. The molecule has 0 rings (SSSR count). The van der Waals surface area contributed by atoms with Crippen molar-refractivity contribution in [1.82, 2.24) is 0 Å². The third-order valence-electron chi connectivity index (χ3n) is 1.62. The summed E-state index contributed by atoms with van der Waals surface area (Å²) in [5, 5.41) is 18.1. The van der Waals surface area contributed by atoms with Crippen LogP contribution in [0.2, 0.25) is 0 Å². The van der Waals surface area contributed by atoms with Gasteiger partial charge in [0, 0.05) is 0 Å². The molecule has 0 aromatic rings. The second-order valence-corrected chi connectivity index (χ2v) is 3.07. The van der Waals surface area contributed by atoms with Gasteiger partial charge in [-0.05, 0) is 31.6 Å². The van der Waals surface area contributed by atoms with E-state index in [1.807, 2.05) is 18.2 Å². The van der Waals surface area contributed by atoms with Crippen LogP contribution in [-0.2, 0) is 0 Å². The monoisotopic (exact) mass is 206 g/mol. The Bertz CT molecular complexity index is 287. The fourth-order valence-electron chi connectivity index (χ4n) is 0.722. The van der Waals surface area contributed by atoms with Gasteiger partial charge in [-0.25, -0.2) is 0 Å². The van der Waals surface area contributed by atoms with Crippen LogP contribution in [0.1, 0.15) is 20.3 Å². The van der Waals surface area contributed by atoms with E-state index in [9.17, 15) is 0 Å². The predicted molar refractivity (Wildman–Crippen MR) is 63.2 cm³/mol. The molecule has 0 fully saturated rings. The number of aliphatic hydroxyl groups is 2. The third kappa shape index (κ3) is 9.01. The van der Waals surface area contributed by atoms with Crippen molar-refractivity contribution in [2.75, 3.05) is 0 Å². The van der Waals surface area contributed by atoms with Gasteiger partial charge in [-0.1, -0.05) is 37.0 Å². The van der Waals surface area contributed by atoms with Gasteiger partial charge in [0.15, 0.2) is 0 Å². The molecule has 2 heteroatoms. The summed E-state index contributed by atoms with van der Waals surface area (Å²) in [5.41, 5.74) is 0. The Labute approximate surface area is 91.6 Å². The van der Waals surface area contributed by atoms with Crippen molar-refractivity contribution in [2.45, 2.75) is 32.5 Å². The van der Waals surface area contributed by atoms with Gasteiger partial charge in [-0.2, -0.15) is 0 Å². The Morgan fingerprint density at radius 3 is 2.40 bits per heavy atom. The number of hydrogen-bond acceptors (Lipinski definition) is 2. The SMILES string of the molecule is CCC=CC=CC#CC=CC(O)C(C)O. The summed E-state index contributed by atoms with van der Waals surface area (Å²) in [5.74, 6) is 5.50. The predicted octanol–water partition coefficient (Wildman–Crippen LogP) is 1.81. The second kappa shape index (κ2) is 9.26. The van der Waals surface area contributed by atoms with E-state index in [2.05, 4.69) is 18.8 Å². The molecule has 0 aliphatic carbocycles. The van der Waals surface area contributed by atoms with E-state index in [1.165, 1.54) is 19.1 Å². The summed E-state index contributed by atoms with van der Waals surface area (Å²) in [6.45, 7) is 3.59. The first-order chi connectivity index (χ1) is 7.18. The van der Waals surface area contributed by atoms with E-state index >= 15 is 0 Å².